The number of aromatic nitrogens is 3. The summed E-state index contributed by atoms with van der Waals surface area (Å²) in [7, 11) is 1.59. The number of nitrogens with zero attached hydrogens (tertiary/aromatic N) is 3. The molecule has 0 fully saturated rings. The third-order valence-electron chi connectivity index (χ3n) is 6.63. The number of carbonyl (C=O) groups excluding carboxylic acids is 1. The molecule has 5 rings (SSSR count). The first-order valence-corrected chi connectivity index (χ1v) is 16.2. The molecule has 1 amide bonds. The minimum absolute atomic E-state index is 0.293. The standard InChI is InChI=1S/C31H31Br2N5O4S/c1-5-41-24-13-8-7-12-23(24)35-29(39)26-18(3)34-30-36-31(43-6-2)37-38(30)27(26)20-15-22(33)28(25(16-20)40-4)42-17-19-10-9-11-21(32)14-19/h7-16,27H,5-6,17H2,1-4H3,(H,35,39)(H,34,36,37). The molecule has 1 atom stereocenters. The van der Waals surface area contributed by atoms with E-state index in [4.69, 9.17) is 19.3 Å². The van der Waals surface area contributed by atoms with E-state index < -0.39 is 6.04 Å². The normalized spacial score (nSPS) is 14.1. The fourth-order valence-corrected chi connectivity index (χ4v) is 6.36. The summed E-state index contributed by atoms with van der Waals surface area (Å²) >= 11 is 8.74. The van der Waals surface area contributed by atoms with E-state index in [1.54, 1.807) is 11.8 Å². The van der Waals surface area contributed by atoms with Crippen molar-refractivity contribution in [3.8, 4) is 17.2 Å². The Morgan fingerprint density at radius 2 is 1.88 bits per heavy atom. The molecule has 0 radical (unpaired) electrons. The summed E-state index contributed by atoms with van der Waals surface area (Å²) in [5, 5.41) is 11.7. The van der Waals surface area contributed by atoms with Crippen molar-refractivity contribution in [3.05, 3.63) is 92.0 Å². The van der Waals surface area contributed by atoms with E-state index in [2.05, 4.69) is 47.5 Å². The van der Waals surface area contributed by atoms with Gasteiger partial charge in [0, 0.05) is 10.2 Å². The summed E-state index contributed by atoms with van der Waals surface area (Å²) < 4.78 is 21.2. The topological polar surface area (TPSA) is 99.5 Å². The number of para-hydroxylation sites is 2. The number of fused-ring (bicyclic) bond motifs is 1. The van der Waals surface area contributed by atoms with Gasteiger partial charge < -0.3 is 24.8 Å². The fraction of sp³-hybridized carbons (Fsp3) is 0.258. The van der Waals surface area contributed by atoms with Crippen LogP contribution in [0.3, 0.4) is 0 Å². The lowest BCUT2D eigenvalue weighted by molar-refractivity contribution is -0.113. The molecule has 4 aromatic rings. The van der Waals surface area contributed by atoms with Crippen LogP contribution in [-0.2, 0) is 11.4 Å². The number of methoxy groups -OCH3 is 1. The molecule has 0 saturated carbocycles. The Labute approximate surface area is 271 Å². The van der Waals surface area contributed by atoms with Gasteiger partial charge in [-0.15, -0.1) is 5.10 Å². The highest BCUT2D eigenvalue weighted by Gasteiger charge is 2.35. The molecule has 1 aliphatic rings. The Morgan fingerprint density at radius 1 is 1.07 bits per heavy atom. The van der Waals surface area contributed by atoms with Crippen molar-refractivity contribution in [1.29, 1.82) is 0 Å². The number of anilines is 2. The second-order valence-electron chi connectivity index (χ2n) is 9.50. The molecule has 9 nitrogen and oxygen atoms in total. The molecule has 224 valence electrons. The largest absolute Gasteiger partial charge is 0.493 e. The van der Waals surface area contributed by atoms with Crippen LogP contribution in [-0.4, -0.2) is 40.1 Å². The molecule has 12 heteroatoms. The highest BCUT2D eigenvalue weighted by Crippen LogP contribution is 2.43. The van der Waals surface area contributed by atoms with Gasteiger partial charge in [-0.1, -0.05) is 58.9 Å². The van der Waals surface area contributed by atoms with Crippen molar-refractivity contribution in [2.45, 2.75) is 38.6 Å². The molecule has 2 heterocycles. The van der Waals surface area contributed by atoms with E-state index in [0.717, 1.165) is 21.4 Å². The van der Waals surface area contributed by atoms with Crippen LogP contribution in [0.2, 0.25) is 0 Å². The molecule has 0 aliphatic carbocycles. The van der Waals surface area contributed by atoms with Crippen LogP contribution in [0, 0.1) is 0 Å². The number of ether oxygens (including phenoxy) is 3. The SMILES string of the molecule is CCOc1ccccc1NC(=O)C1=C(C)Nc2nc(SCC)nn2C1c1cc(Br)c(OCc2cccc(Br)c2)c(OC)c1. The van der Waals surface area contributed by atoms with Crippen LogP contribution in [0.5, 0.6) is 17.2 Å². The molecule has 43 heavy (non-hydrogen) atoms. The Bertz CT molecular complexity index is 1680. The van der Waals surface area contributed by atoms with Crippen LogP contribution in [0.15, 0.2) is 86.0 Å². The Morgan fingerprint density at radius 3 is 2.63 bits per heavy atom. The maximum absolute atomic E-state index is 14.1. The summed E-state index contributed by atoms with van der Waals surface area (Å²) in [4.78, 5) is 18.7. The molecule has 1 aromatic heterocycles. The predicted octanol–water partition coefficient (Wildman–Crippen LogP) is 7.83. The molecule has 2 N–H and O–H groups in total. The fourth-order valence-electron chi connectivity index (χ4n) is 4.78. The van der Waals surface area contributed by atoms with Gasteiger partial charge in [-0.05, 0) is 83.1 Å². The van der Waals surface area contributed by atoms with Gasteiger partial charge in [-0.3, -0.25) is 4.79 Å². The van der Waals surface area contributed by atoms with Gasteiger partial charge >= 0.3 is 0 Å². The summed E-state index contributed by atoms with van der Waals surface area (Å²) in [6.07, 6.45) is 0. The van der Waals surface area contributed by atoms with E-state index in [1.165, 1.54) is 11.8 Å². The molecular formula is C31H31Br2N5O4S. The summed E-state index contributed by atoms with van der Waals surface area (Å²) in [5.41, 5.74) is 3.49. The van der Waals surface area contributed by atoms with Gasteiger partial charge in [-0.25, -0.2) is 4.68 Å². The quantitative estimate of drug-likeness (QED) is 0.151. The Kier molecular flexibility index (Phi) is 9.99. The van der Waals surface area contributed by atoms with E-state index in [-0.39, 0.29) is 5.91 Å². The molecule has 3 aromatic carbocycles. The summed E-state index contributed by atoms with van der Waals surface area (Å²) in [6, 6.07) is 18.5. The van der Waals surface area contributed by atoms with Crippen LogP contribution in [0.4, 0.5) is 11.6 Å². The highest BCUT2D eigenvalue weighted by atomic mass is 79.9. The van der Waals surface area contributed by atoms with Gasteiger partial charge in [0.15, 0.2) is 11.5 Å². The number of amides is 1. The zero-order valence-corrected chi connectivity index (χ0v) is 28.1. The third-order valence-corrected chi connectivity index (χ3v) is 8.43. The van der Waals surface area contributed by atoms with Crippen molar-refractivity contribution >= 4 is 61.2 Å². The van der Waals surface area contributed by atoms with E-state index in [1.807, 2.05) is 81.4 Å². The number of halogens is 2. The number of thioether (sulfide) groups is 1. The zero-order chi connectivity index (χ0) is 30.5. The van der Waals surface area contributed by atoms with Crippen LogP contribution < -0.4 is 24.8 Å². The molecule has 0 saturated heterocycles. The van der Waals surface area contributed by atoms with E-state index in [9.17, 15) is 4.79 Å². The van der Waals surface area contributed by atoms with Crippen LogP contribution >= 0.6 is 43.6 Å². The Hall–Kier alpha value is -3.48. The first-order valence-electron chi connectivity index (χ1n) is 13.7. The predicted molar refractivity (Wildman–Crippen MR) is 176 cm³/mol. The smallest absolute Gasteiger partial charge is 0.255 e. The van der Waals surface area contributed by atoms with Gasteiger partial charge in [0.1, 0.15) is 18.4 Å². The van der Waals surface area contributed by atoms with Gasteiger partial charge in [-0.2, -0.15) is 4.98 Å². The van der Waals surface area contributed by atoms with E-state index in [0.29, 0.717) is 63.0 Å². The zero-order valence-electron chi connectivity index (χ0n) is 24.1. The molecule has 1 unspecified atom stereocenters. The second kappa shape index (κ2) is 13.9. The molecule has 0 bridgehead atoms. The van der Waals surface area contributed by atoms with Crippen molar-refractivity contribution in [1.82, 2.24) is 14.8 Å². The maximum atomic E-state index is 14.1. The molecular weight excluding hydrogens is 698 g/mol. The first-order chi connectivity index (χ1) is 20.8. The lowest BCUT2D eigenvalue weighted by Crippen LogP contribution is -2.31. The number of hydrogen-bond donors (Lipinski definition) is 2. The number of carbonyl (C=O) groups is 1. The number of allylic oxidation sites excluding steroid dienone is 1. The second-order valence-corrected chi connectivity index (χ2v) is 12.5. The average molecular weight is 729 g/mol. The van der Waals surface area contributed by atoms with Gasteiger partial charge in [0.2, 0.25) is 11.1 Å². The average Bonchev–Trinajstić information content (AvgIpc) is 3.38. The van der Waals surface area contributed by atoms with Crippen molar-refractivity contribution < 1.29 is 19.0 Å². The number of nitrogens with one attached hydrogen (secondary N) is 2. The van der Waals surface area contributed by atoms with Crippen LogP contribution in [0.1, 0.15) is 37.9 Å². The monoisotopic (exact) mass is 727 g/mol. The number of benzene rings is 3. The first kappa shape index (κ1) is 31.0. The van der Waals surface area contributed by atoms with Crippen molar-refractivity contribution in [3.63, 3.8) is 0 Å². The van der Waals surface area contributed by atoms with Crippen LogP contribution in [0.25, 0.3) is 0 Å². The minimum Gasteiger partial charge on any atom is -0.493 e. The summed E-state index contributed by atoms with van der Waals surface area (Å²) in [6.45, 7) is 6.63. The lowest BCUT2D eigenvalue weighted by atomic mass is 9.94. The van der Waals surface area contributed by atoms with Gasteiger partial charge in [0.05, 0.1) is 29.4 Å². The van der Waals surface area contributed by atoms with Gasteiger partial charge in [0.25, 0.3) is 5.91 Å². The van der Waals surface area contributed by atoms with Crippen molar-refractivity contribution in [2.24, 2.45) is 0 Å². The molecule has 1 aliphatic heterocycles. The lowest BCUT2D eigenvalue weighted by Gasteiger charge is -2.29. The third kappa shape index (κ3) is 6.86. The highest BCUT2D eigenvalue weighted by molar-refractivity contribution is 9.10. The summed E-state index contributed by atoms with van der Waals surface area (Å²) in [5.74, 6) is 2.73. The maximum Gasteiger partial charge on any atom is 0.255 e. The van der Waals surface area contributed by atoms with E-state index >= 15 is 0 Å². The van der Waals surface area contributed by atoms with Crippen molar-refractivity contribution in [2.75, 3.05) is 30.1 Å². The number of hydrogen-bond acceptors (Lipinski definition) is 8. The molecule has 0 spiro atoms. The Balaban J connectivity index is 1.55. The minimum atomic E-state index is -0.612. The number of rotatable bonds is 11.